The summed E-state index contributed by atoms with van der Waals surface area (Å²) in [5.41, 5.74) is 3.38. The van der Waals surface area contributed by atoms with Crippen molar-refractivity contribution in [2.24, 2.45) is 0 Å². The average molecular weight is 245 g/mol. The maximum absolute atomic E-state index is 5.88. The lowest BCUT2D eigenvalue weighted by Crippen LogP contribution is -2.32. The zero-order valence-corrected chi connectivity index (χ0v) is 10.4. The number of hydrogen-bond donors (Lipinski definition) is 1. The molecule has 5 heteroatoms. The van der Waals surface area contributed by atoms with E-state index in [-0.39, 0.29) is 13.3 Å². The van der Waals surface area contributed by atoms with E-state index in [1.54, 1.807) is 0 Å². The number of ether oxygens (including phenoxy) is 1. The lowest BCUT2D eigenvalue weighted by molar-refractivity contribution is 0.128. The van der Waals surface area contributed by atoms with Crippen LogP contribution >= 0.6 is 0 Å². The Hall–Kier alpha value is -1.30. The van der Waals surface area contributed by atoms with Gasteiger partial charge < -0.3 is 14.0 Å². The van der Waals surface area contributed by atoms with Crippen LogP contribution < -0.4 is 15.5 Å². The standard InChI is InChI=1S/C13H16BNO3/c1-3-4-9-5-6-10-12-11(9)13(15-2)18-14(12)17-8-7-16-10/h3,5-6,13,15H,1,4,7-8H2,2H3/t13-/m0/s1. The van der Waals surface area contributed by atoms with Crippen molar-refractivity contribution in [2.45, 2.75) is 12.6 Å². The quantitative estimate of drug-likeness (QED) is 0.630. The Morgan fingerprint density at radius 1 is 1.50 bits per heavy atom. The van der Waals surface area contributed by atoms with Crippen molar-refractivity contribution in [2.75, 3.05) is 20.3 Å². The molecule has 1 N–H and O–H groups in total. The van der Waals surface area contributed by atoms with Crippen molar-refractivity contribution in [3.63, 3.8) is 0 Å². The van der Waals surface area contributed by atoms with Crippen LogP contribution in [-0.2, 0) is 15.7 Å². The molecule has 94 valence electrons. The third kappa shape index (κ3) is 1.75. The number of hydrogen-bond acceptors (Lipinski definition) is 4. The summed E-state index contributed by atoms with van der Waals surface area (Å²) in [4.78, 5) is 0. The summed E-state index contributed by atoms with van der Waals surface area (Å²) in [7, 11) is 1.56. The molecule has 1 aromatic rings. The molecule has 1 aromatic carbocycles. The van der Waals surface area contributed by atoms with Gasteiger partial charge in [-0.05, 0) is 25.1 Å². The van der Waals surface area contributed by atoms with E-state index in [1.807, 2.05) is 19.2 Å². The van der Waals surface area contributed by atoms with Crippen LogP contribution in [0.4, 0.5) is 0 Å². The highest BCUT2D eigenvalue weighted by atomic mass is 16.6. The molecule has 0 radical (unpaired) electrons. The number of rotatable bonds is 3. The Balaban J connectivity index is 2.14. The normalized spacial score (nSPS) is 21.2. The fraction of sp³-hybridized carbons (Fsp3) is 0.385. The largest absolute Gasteiger partial charge is 0.499 e. The molecule has 3 rings (SSSR count). The summed E-state index contributed by atoms with van der Waals surface area (Å²) in [5, 5.41) is 3.17. The Bertz CT molecular complexity index is 478. The highest BCUT2D eigenvalue weighted by Gasteiger charge is 2.42. The molecule has 0 aliphatic carbocycles. The molecule has 0 aromatic heterocycles. The van der Waals surface area contributed by atoms with Gasteiger partial charge in [0.25, 0.3) is 0 Å². The molecule has 0 saturated carbocycles. The van der Waals surface area contributed by atoms with E-state index in [4.69, 9.17) is 14.0 Å². The molecule has 18 heavy (non-hydrogen) atoms. The summed E-state index contributed by atoms with van der Waals surface area (Å²) in [6, 6.07) is 4.08. The van der Waals surface area contributed by atoms with Crippen LogP contribution in [-0.4, -0.2) is 27.4 Å². The molecular formula is C13H16BNO3. The van der Waals surface area contributed by atoms with E-state index < -0.39 is 0 Å². The Labute approximate surface area is 107 Å². The first-order chi connectivity index (χ1) is 8.85. The van der Waals surface area contributed by atoms with Gasteiger partial charge in [-0.25, -0.2) is 0 Å². The summed E-state index contributed by atoms with van der Waals surface area (Å²) in [5.74, 6) is 0.873. The van der Waals surface area contributed by atoms with Gasteiger partial charge in [-0.1, -0.05) is 12.1 Å². The number of allylic oxidation sites excluding steroid dienone is 1. The third-order valence-electron chi connectivity index (χ3n) is 3.33. The molecule has 2 aliphatic heterocycles. The SMILES string of the molecule is C=CCc1ccc2c3c1[C@@H](NC)OB3OCCO2. The molecule has 0 bridgehead atoms. The first-order valence-electron chi connectivity index (χ1n) is 6.19. The van der Waals surface area contributed by atoms with E-state index in [2.05, 4.69) is 18.0 Å². The van der Waals surface area contributed by atoms with Crippen LogP contribution in [0.15, 0.2) is 24.8 Å². The number of nitrogens with one attached hydrogen (secondary N) is 1. The van der Waals surface area contributed by atoms with E-state index in [0.29, 0.717) is 13.2 Å². The highest BCUT2D eigenvalue weighted by Crippen LogP contribution is 2.31. The van der Waals surface area contributed by atoms with Gasteiger partial charge in [-0.3, -0.25) is 5.32 Å². The zero-order valence-electron chi connectivity index (χ0n) is 10.4. The minimum Gasteiger partial charge on any atom is -0.492 e. The Morgan fingerprint density at radius 2 is 2.39 bits per heavy atom. The molecule has 1 atom stereocenters. The summed E-state index contributed by atoms with van der Waals surface area (Å²) in [6.07, 6.45) is 2.58. The summed E-state index contributed by atoms with van der Waals surface area (Å²) < 4.78 is 17.3. The van der Waals surface area contributed by atoms with E-state index >= 15 is 0 Å². The molecule has 2 aliphatic rings. The van der Waals surface area contributed by atoms with Gasteiger partial charge in [-0.2, -0.15) is 0 Å². The second-order valence-electron chi connectivity index (χ2n) is 4.40. The molecule has 0 unspecified atom stereocenters. The molecule has 0 spiro atoms. The van der Waals surface area contributed by atoms with Crippen LogP contribution in [0.1, 0.15) is 17.4 Å². The van der Waals surface area contributed by atoms with Gasteiger partial charge in [0.1, 0.15) is 18.6 Å². The van der Waals surface area contributed by atoms with Crippen LogP contribution in [0.2, 0.25) is 0 Å². The predicted octanol–water partition coefficient (Wildman–Crippen LogP) is 0.767. The van der Waals surface area contributed by atoms with E-state index in [9.17, 15) is 0 Å². The van der Waals surface area contributed by atoms with Crippen LogP contribution in [0, 0.1) is 0 Å². The average Bonchev–Trinajstić information content (AvgIpc) is 2.64. The van der Waals surface area contributed by atoms with Crippen LogP contribution in [0.3, 0.4) is 0 Å². The minimum absolute atomic E-state index is 0.137. The van der Waals surface area contributed by atoms with Gasteiger partial charge in [0.15, 0.2) is 0 Å². The summed E-state index contributed by atoms with van der Waals surface area (Å²) >= 11 is 0. The second-order valence-corrected chi connectivity index (χ2v) is 4.40. The second kappa shape index (κ2) is 4.76. The van der Waals surface area contributed by atoms with Gasteiger partial charge in [0.2, 0.25) is 0 Å². The van der Waals surface area contributed by atoms with Crippen molar-refractivity contribution >= 4 is 12.6 Å². The maximum Gasteiger partial charge on any atom is 0.499 e. The van der Waals surface area contributed by atoms with Gasteiger partial charge in [-0.15, -0.1) is 6.58 Å². The topological polar surface area (TPSA) is 39.7 Å². The third-order valence-corrected chi connectivity index (χ3v) is 3.33. The molecular weight excluding hydrogens is 229 g/mol. The maximum atomic E-state index is 5.88. The minimum atomic E-state index is -0.320. The van der Waals surface area contributed by atoms with Gasteiger partial charge in [0, 0.05) is 11.0 Å². The van der Waals surface area contributed by atoms with Crippen molar-refractivity contribution in [3.05, 3.63) is 35.9 Å². The van der Waals surface area contributed by atoms with Crippen molar-refractivity contribution in [1.29, 1.82) is 0 Å². The fourth-order valence-corrected chi connectivity index (χ4v) is 2.58. The van der Waals surface area contributed by atoms with Crippen molar-refractivity contribution in [1.82, 2.24) is 5.32 Å². The van der Waals surface area contributed by atoms with Crippen molar-refractivity contribution in [3.8, 4) is 5.75 Å². The number of benzene rings is 1. The molecule has 0 fully saturated rings. The van der Waals surface area contributed by atoms with Gasteiger partial charge >= 0.3 is 7.12 Å². The Morgan fingerprint density at radius 3 is 3.17 bits per heavy atom. The molecule has 4 nitrogen and oxygen atoms in total. The smallest absolute Gasteiger partial charge is 0.492 e. The van der Waals surface area contributed by atoms with Crippen LogP contribution in [0.25, 0.3) is 0 Å². The predicted molar refractivity (Wildman–Crippen MR) is 70.1 cm³/mol. The zero-order chi connectivity index (χ0) is 12.5. The highest BCUT2D eigenvalue weighted by molar-refractivity contribution is 6.64. The molecule has 0 amide bonds. The van der Waals surface area contributed by atoms with Gasteiger partial charge in [0.05, 0.1) is 6.61 Å². The fourth-order valence-electron chi connectivity index (χ4n) is 2.58. The Kier molecular flexibility index (Phi) is 3.12. The lowest BCUT2D eigenvalue weighted by atomic mass is 9.76. The lowest BCUT2D eigenvalue weighted by Gasteiger charge is -2.16. The molecule has 2 heterocycles. The summed E-state index contributed by atoms with van der Waals surface area (Å²) in [6.45, 7) is 4.92. The first kappa shape index (κ1) is 11.8. The van der Waals surface area contributed by atoms with Crippen molar-refractivity contribution < 1.29 is 14.0 Å². The van der Waals surface area contributed by atoms with E-state index in [0.717, 1.165) is 23.2 Å². The molecule has 0 saturated heterocycles. The monoisotopic (exact) mass is 245 g/mol. The van der Waals surface area contributed by atoms with E-state index in [1.165, 1.54) is 5.56 Å². The first-order valence-corrected chi connectivity index (χ1v) is 6.19. The van der Waals surface area contributed by atoms with Crippen LogP contribution in [0.5, 0.6) is 5.75 Å².